The summed E-state index contributed by atoms with van der Waals surface area (Å²) in [6.45, 7) is 0. The van der Waals surface area contributed by atoms with E-state index in [4.69, 9.17) is 0 Å². The zero-order valence-electron chi connectivity index (χ0n) is 11.2. The molecule has 0 amide bonds. The predicted molar refractivity (Wildman–Crippen MR) is 74.2 cm³/mol. The summed E-state index contributed by atoms with van der Waals surface area (Å²) in [5, 5.41) is 19.5. The standard InChI is InChI=1S/C16H26O2/c17-15-7-3-1-5-13(9-11-15)14-6-2-4-8-16(18)12-10-14/h9-18H,1-8H2/b11-9-,12-10-/t13-,14+,15+,16-. The van der Waals surface area contributed by atoms with Crippen LogP contribution in [0.3, 0.4) is 0 Å². The molecule has 0 saturated carbocycles. The zero-order chi connectivity index (χ0) is 12.8. The van der Waals surface area contributed by atoms with E-state index in [1.54, 1.807) is 0 Å². The van der Waals surface area contributed by atoms with E-state index in [-0.39, 0.29) is 12.2 Å². The van der Waals surface area contributed by atoms with Crippen LogP contribution in [0.5, 0.6) is 0 Å². The van der Waals surface area contributed by atoms with Crippen LogP contribution in [-0.4, -0.2) is 22.4 Å². The first-order valence-corrected chi connectivity index (χ1v) is 7.48. The first kappa shape index (κ1) is 13.8. The van der Waals surface area contributed by atoms with Crippen LogP contribution >= 0.6 is 0 Å². The molecular weight excluding hydrogens is 224 g/mol. The lowest BCUT2D eigenvalue weighted by Crippen LogP contribution is -2.17. The van der Waals surface area contributed by atoms with E-state index in [1.165, 1.54) is 25.7 Å². The van der Waals surface area contributed by atoms with Gasteiger partial charge in [-0.2, -0.15) is 0 Å². The van der Waals surface area contributed by atoms with Crippen LogP contribution in [-0.2, 0) is 0 Å². The van der Waals surface area contributed by atoms with Crippen molar-refractivity contribution in [3.8, 4) is 0 Å². The third-order valence-corrected chi connectivity index (χ3v) is 4.29. The SMILES string of the molecule is O[C@@H]1/C=C\[C@H]([C@@H]2/C=C\[C@H](O)CCCC2)CCCC1. The van der Waals surface area contributed by atoms with Gasteiger partial charge in [-0.3, -0.25) is 0 Å². The number of aliphatic hydroxyl groups is 2. The molecular formula is C16H26O2. The Morgan fingerprint density at radius 1 is 0.556 bits per heavy atom. The Balaban J connectivity index is 2.02. The van der Waals surface area contributed by atoms with Gasteiger partial charge in [0.2, 0.25) is 0 Å². The number of hydrogen-bond donors (Lipinski definition) is 2. The maximum Gasteiger partial charge on any atom is 0.0721 e. The van der Waals surface area contributed by atoms with Gasteiger partial charge in [0.05, 0.1) is 12.2 Å². The van der Waals surface area contributed by atoms with Gasteiger partial charge in [-0.15, -0.1) is 0 Å². The van der Waals surface area contributed by atoms with Gasteiger partial charge >= 0.3 is 0 Å². The van der Waals surface area contributed by atoms with Gasteiger partial charge in [0.15, 0.2) is 0 Å². The Morgan fingerprint density at radius 3 is 1.39 bits per heavy atom. The van der Waals surface area contributed by atoms with E-state index in [0.717, 1.165) is 25.7 Å². The van der Waals surface area contributed by atoms with Gasteiger partial charge in [-0.25, -0.2) is 0 Å². The van der Waals surface area contributed by atoms with Crippen molar-refractivity contribution in [3.05, 3.63) is 24.3 Å². The Labute approximate surface area is 110 Å². The quantitative estimate of drug-likeness (QED) is 0.702. The van der Waals surface area contributed by atoms with Crippen molar-refractivity contribution in [1.29, 1.82) is 0 Å². The highest BCUT2D eigenvalue weighted by Crippen LogP contribution is 2.30. The van der Waals surface area contributed by atoms with Crippen LogP contribution in [0.25, 0.3) is 0 Å². The minimum atomic E-state index is -0.254. The molecule has 102 valence electrons. The van der Waals surface area contributed by atoms with Crippen LogP contribution in [0, 0.1) is 11.8 Å². The fourth-order valence-electron chi connectivity index (χ4n) is 3.11. The van der Waals surface area contributed by atoms with Crippen molar-refractivity contribution in [1.82, 2.24) is 0 Å². The monoisotopic (exact) mass is 250 g/mol. The fraction of sp³-hybridized carbons (Fsp3) is 0.750. The van der Waals surface area contributed by atoms with Crippen LogP contribution in [0.2, 0.25) is 0 Å². The van der Waals surface area contributed by atoms with Crippen molar-refractivity contribution in [2.75, 3.05) is 0 Å². The first-order chi connectivity index (χ1) is 8.75. The van der Waals surface area contributed by atoms with Crippen LogP contribution < -0.4 is 0 Å². The molecule has 0 fully saturated rings. The summed E-state index contributed by atoms with van der Waals surface area (Å²) in [5.41, 5.74) is 0. The van der Waals surface area contributed by atoms with Crippen molar-refractivity contribution in [2.24, 2.45) is 11.8 Å². The van der Waals surface area contributed by atoms with Gasteiger partial charge < -0.3 is 10.2 Å². The molecule has 0 saturated heterocycles. The Bertz CT molecular complexity index is 265. The van der Waals surface area contributed by atoms with E-state index in [0.29, 0.717) is 11.8 Å². The summed E-state index contributed by atoms with van der Waals surface area (Å²) >= 11 is 0. The highest BCUT2D eigenvalue weighted by atomic mass is 16.3. The van der Waals surface area contributed by atoms with Crippen LogP contribution in [0.4, 0.5) is 0 Å². The third-order valence-electron chi connectivity index (χ3n) is 4.29. The molecule has 0 spiro atoms. The molecule has 0 aromatic carbocycles. The second-order valence-corrected chi connectivity index (χ2v) is 5.80. The van der Waals surface area contributed by atoms with Gasteiger partial charge in [0.25, 0.3) is 0 Å². The molecule has 2 aliphatic rings. The lowest BCUT2D eigenvalue weighted by molar-refractivity contribution is 0.195. The van der Waals surface area contributed by atoms with Gasteiger partial charge in [-0.05, 0) is 37.5 Å². The summed E-state index contributed by atoms with van der Waals surface area (Å²) in [6, 6.07) is 0. The second kappa shape index (κ2) is 7.10. The molecule has 2 aliphatic carbocycles. The molecule has 0 heterocycles. The fourth-order valence-corrected chi connectivity index (χ4v) is 3.11. The summed E-state index contributed by atoms with van der Waals surface area (Å²) in [6.07, 6.45) is 16.8. The smallest absolute Gasteiger partial charge is 0.0721 e. The lowest BCUT2D eigenvalue weighted by atomic mass is 9.81. The topological polar surface area (TPSA) is 40.5 Å². The molecule has 2 rings (SSSR count). The van der Waals surface area contributed by atoms with E-state index in [2.05, 4.69) is 12.2 Å². The number of rotatable bonds is 1. The minimum Gasteiger partial charge on any atom is -0.389 e. The number of hydrogen-bond acceptors (Lipinski definition) is 2. The molecule has 2 heteroatoms. The first-order valence-electron chi connectivity index (χ1n) is 7.48. The highest BCUT2D eigenvalue weighted by Gasteiger charge is 2.20. The Kier molecular flexibility index (Phi) is 5.45. The molecule has 0 unspecified atom stereocenters. The molecule has 0 radical (unpaired) electrons. The lowest BCUT2D eigenvalue weighted by Gasteiger charge is -2.26. The molecule has 18 heavy (non-hydrogen) atoms. The maximum absolute atomic E-state index is 9.73. The molecule has 0 aromatic heterocycles. The van der Waals surface area contributed by atoms with Gasteiger partial charge in [-0.1, -0.05) is 50.0 Å². The van der Waals surface area contributed by atoms with E-state index < -0.39 is 0 Å². The number of aliphatic hydroxyl groups excluding tert-OH is 2. The minimum absolute atomic E-state index is 0.254. The maximum atomic E-state index is 9.73. The molecule has 0 aromatic rings. The molecule has 0 aliphatic heterocycles. The van der Waals surface area contributed by atoms with E-state index in [9.17, 15) is 10.2 Å². The van der Waals surface area contributed by atoms with Gasteiger partial charge in [0, 0.05) is 0 Å². The summed E-state index contributed by atoms with van der Waals surface area (Å²) in [4.78, 5) is 0. The summed E-state index contributed by atoms with van der Waals surface area (Å²) in [5.74, 6) is 1.09. The summed E-state index contributed by atoms with van der Waals surface area (Å²) < 4.78 is 0. The molecule has 0 bridgehead atoms. The average Bonchev–Trinajstić information content (AvgIpc) is 2.31. The molecule has 2 nitrogen and oxygen atoms in total. The third kappa shape index (κ3) is 4.25. The zero-order valence-corrected chi connectivity index (χ0v) is 11.2. The van der Waals surface area contributed by atoms with Crippen molar-refractivity contribution < 1.29 is 10.2 Å². The molecule has 2 N–H and O–H groups in total. The van der Waals surface area contributed by atoms with Crippen molar-refractivity contribution in [2.45, 2.75) is 63.6 Å². The van der Waals surface area contributed by atoms with Gasteiger partial charge in [0.1, 0.15) is 0 Å². The second-order valence-electron chi connectivity index (χ2n) is 5.80. The Hall–Kier alpha value is -0.600. The number of allylic oxidation sites excluding steroid dienone is 2. The van der Waals surface area contributed by atoms with E-state index >= 15 is 0 Å². The normalized spacial score (nSPS) is 42.1. The average molecular weight is 250 g/mol. The van der Waals surface area contributed by atoms with Crippen LogP contribution in [0.15, 0.2) is 24.3 Å². The Morgan fingerprint density at radius 2 is 0.944 bits per heavy atom. The highest BCUT2D eigenvalue weighted by molar-refractivity contribution is 5.04. The molecule has 4 atom stereocenters. The summed E-state index contributed by atoms with van der Waals surface area (Å²) in [7, 11) is 0. The van der Waals surface area contributed by atoms with E-state index in [1.807, 2.05) is 12.2 Å². The van der Waals surface area contributed by atoms with Crippen molar-refractivity contribution >= 4 is 0 Å². The van der Waals surface area contributed by atoms with Crippen LogP contribution in [0.1, 0.15) is 51.4 Å². The van der Waals surface area contributed by atoms with Crippen molar-refractivity contribution in [3.63, 3.8) is 0 Å². The predicted octanol–water partition coefficient (Wildman–Crippen LogP) is 3.20. The largest absolute Gasteiger partial charge is 0.389 e.